The molecule has 0 amide bonds. The highest BCUT2D eigenvalue weighted by Crippen LogP contribution is 2.24. The number of benzene rings is 3. The van der Waals surface area contributed by atoms with Gasteiger partial charge in [0.2, 0.25) is 0 Å². The number of hydrogen-bond acceptors (Lipinski definition) is 3. The minimum absolute atomic E-state index is 0.0941. The molecule has 0 atom stereocenters. The zero-order valence-electron chi connectivity index (χ0n) is 13.8. The van der Waals surface area contributed by atoms with Gasteiger partial charge < -0.3 is 0 Å². The monoisotopic (exact) mass is 362 g/mol. The Morgan fingerprint density at radius 1 is 0.885 bits per heavy atom. The Morgan fingerprint density at radius 3 is 2.35 bits per heavy atom. The molecule has 0 spiro atoms. The molecule has 0 saturated carbocycles. The van der Waals surface area contributed by atoms with Crippen LogP contribution in [0.25, 0.3) is 16.6 Å². The van der Waals surface area contributed by atoms with Gasteiger partial charge in [-0.3, -0.25) is 9.36 Å². The largest absolute Gasteiger partial charge is 0.268 e. The van der Waals surface area contributed by atoms with E-state index in [9.17, 15) is 9.18 Å². The first-order chi connectivity index (χ1) is 12.7. The van der Waals surface area contributed by atoms with Crippen LogP contribution in [0.3, 0.4) is 0 Å². The van der Waals surface area contributed by atoms with Gasteiger partial charge in [0.25, 0.3) is 5.56 Å². The second kappa shape index (κ2) is 7.14. The van der Waals surface area contributed by atoms with E-state index in [1.54, 1.807) is 22.8 Å². The van der Waals surface area contributed by atoms with Gasteiger partial charge in [-0.05, 0) is 42.0 Å². The Bertz CT molecular complexity index is 1110. The summed E-state index contributed by atoms with van der Waals surface area (Å²) in [7, 11) is 0. The van der Waals surface area contributed by atoms with E-state index in [2.05, 4.69) is 0 Å². The molecular weight excluding hydrogens is 347 g/mol. The minimum Gasteiger partial charge on any atom is -0.268 e. The quantitative estimate of drug-likeness (QED) is 0.386. The zero-order valence-corrected chi connectivity index (χ0v) is 14.6. The van der Waals surface area contributed by atoms with Crippen molar-refractivity contribution in [1.82, 2.24) is 9.55 Å². The van der Waals surface area contributed by atoms with Crippen molar-refractivity contribution < 1.29 is 4.39 Å². The number of para-hydroxylation sites is 2. The maximum Gasteiger partial charge on any atom is 0.266 e. The molecule has 4 rings (SSSR count). The third kappa shape index (κ3) is 3.26. The normalized spacial score (nSPS) is 11.0. The summed E-state index contributed by atoms with van der Waals surface area (Å²) < 4.78 is 14.7. The fourth-order valence-electron chi connectivity index (χ4n) is 2.74. The highest BCUT2D eigenvalue weighted by Gasteiger charge is 2.13. The van der Waals surface area contributed by atoms with Crippen LogP contribution in [0.2, 0.25) is 0 Å². The Morgan fingerprint density at radius 2 is 1.58 bits per heavy atom. The van der Waals surface area contributed by atoms with Crippen LogP contribution in [0.1, 0.15) is 5.56 Å². The molecule has 0 aliphatic rings. The number of fused-ring (bicyclic) bond motifs is 1. The summed E-state index contributed by atoms with van der Waals surface area (Å²) >= 11 is 1.46. The summed E-state index contributed by atoms with van der Waals surface area (Å²) in [4.78, 5) is 17.8. The first-order valence-electron chi connectivity index (χ1n) is 8.17. The summed E-state index contributed by atoms with van der Waals surface area (Å²) in [6.45, 7) is 0. The van der Waals surface area contributed by atoms with Crippen LogP contribution in [-0.4, -0.2) is 9.55 Å². The average molecular weight is 362 g/mol. The Balaban J connectivity index is 1.81. The van der Waals surface area contributed by atoms with E-state index >= 15 is 0 Å². The molecule has 0 aliphatic heterocycles. The van der Waals surface area contributed by atoms with Crippen LogP contribution in [0.5, 0.6) is 0 Å². The van der Waals surface area contributed by atoms with Gasteiger partial charge in [0.1, 0.15) is 5.82 Å². The van der Waals surface area contributed by atoms with E-state index in [4.69, 9.17) is 4.98 Å². The number of nitrogens with zero attached hydrogens (tertiary/aromatic N) is 2. The lowest BCUT2D eigenvalue weighted by molar-refractivity contribution is 0.627. The highest BCUT2D eigenvalue weighted by atomic mass is 32.2. The predicted molar refractivity (Wildman–Crippen MR) is 103 cm³/mol. The van der Waals surface area contributed by atoms with E-state index in [-0.39, 0.29) is 11.4 Å². The molecular formula is C21H15FN2OS. The molecule has 1 heterocycles. The van der Waals surface area contributed by atoms with Gasteiger partial charge in [-0.15, -0.1) is 0 Å². The van der Waals surface area contributed by atoms with Crippen LogP contribution in [0, 0.1) is 5.82 Å². The van der Waals surface area contributed by atoms with Crippen molar-refractivity contribution in [3.63, 3.8) is 0 Å². The lowest BCUT2D eigenvalue weighted by atomic mass is 10.2. The van der Waals surface area contributed by atoms with Crippen molar-refractivity contribution in [2.45, 2.75) is 10.9 Å². The fraction of sp³-hybridized carbons (Fsp3) is 0.0476. The van der Waals surface area contributed by atoms with Crippen LogP contribution in [0.4, 0.5) is 4.39 Å². The van der Waals surface area contributed by atoms with E-state index in [1.165, 1.54) is 23.9 Å². The molecule has 0 saturated heterocycles. The molecule has 0 bridgehead atoms. The van der Waals surface area contributed by atoms with Crippen LogP contribution in [0.15, 0.2) is 88.8 Å². The average Bonchev–Trinajstić information content (AvgIpc) is 2.68. The SMILES string of the molecule is O=c1c2ccccc2nc(SCc2ccc(F)cc2)n1-c1ccccc1. The van der Waals surface area contributed by atoms with Gasteiger partial charge in [0, 0.05) is 5.75 Å². The second-order valence-electron chi connectivity index (χ2n) is 5.80. The van der Waals surface area contributed by atoms with Crippen LogP contribution >= 0.6 is 11.8 Å². The third-order valence-electron chi connectivity index (χ3n) is 4.04. The number of hydrogen-bond donors (Lipinski definition) is 0. The Hall–Kier alpha value is -2.92. The summed E-state index contributed by atoms with van der Waals surface area (Å²) in [5.41, 5.74) is 2.32. The molecule has 0 radical (unpaired) electrons. The Labute approximate surface area is 154 Å². The van der Waals surface area contributed by atoms with E-state index in [1.807, 2.05) is 48.5 Å². The molecule has 0 unspecified atom stereocenters. The van der Waals surface area contributed by atoms with Crippen LogP contribution in [-0.2, 0) is 5.75 Å². The van der Waals surface area contributed by atoms with E-state index in [0.29, 0.717) is 21.8 Å². The third-order valence-corrected chi connectivity index (χ3v) is 5.05. The predicted octanol–water partition coefficient (Wildman–Crippen LogP) is 4.82. The minimum atomic E-state index is -0.260. The second-order valence-corrected chi connectivity index (χ2v) is 6.75. The van der Waals surface area contributed by atoms with Gasteiger partial charge >= 0.3 is 0 Å². The molecule has 0 fully saturated rings. The molecule has 4 aromatic rings. The van der Waals surface area contributed by atoms with Crippen molar-refractivity contribution in [3.05, 3.63) is 101 Å². The number of halogens is 1. The molecule has 0 N–H and O–H groups in total. The van der Waals surface area contributed by atoms with Gasteiger partial charge in [-0.25, -0.2) is 9.37 Å². The number of rotatable bonds is 4. The molecule has 3 nitrogen and oxygen atoms in total. The van der Waals surface area contributed by atoms with Gasteiger partial charge in [0.05, 0.1) is 16.6 Å². The Kier molecular flexibility index (Phi) is 4.54. The smallest absolute Gasteiger partial charge is 0.266 e. The van der Waals surface area contributed by atoms with Crippen molar-refractivity contribution in [3.8, 4) is 5.69 Å². The summed E-state index contributed by atoms with van der Waals surface area (Å²) in [5, 5.41) is 1.20. The van der Waals surface area contributed by atoms with Crippen molar-refractivity contribution >= 4 is 22.7 Å². The lowest BCUT2D eigenvalue weighted by Crippen LogP contribution is -2.21. The summed E-state index contributed by atoms with van der Waals surface area (Å²) in [6, 6.07) is 23.2. The lowest BCUT2D eigenvalue weighted by Gasteiger charge is -2.13. The summed E-state index contributed by atoms with van der Waals surface area (Å²) in [6.07, 6.45) is 0. The number of thioether (sulfide) groups is 1. The van der Waals surface area contributed by atoms with E-state index in [0.717, 1.165) is 11.3 Å². The van der Waals surface area contributed by atoms with Gasteiger partial charge in [-0.2, -0.15) is 0 Å². The van der Waals surface area contributed by atoms with Crippen molar-refractivity contribution in [1.29, 1.82) is 0 Å². The van der Waals surface area contributed by atoms with Gasteiger partial charge in [-0.1, -0.05) is 54.2 Å². The molecule has 3 aromatic carbocycles. The molecule has 5 heteroatoms. The topological polar surface area (TPSA) is 34.9 Å². The van der Waals surface area contributed by atoms with Crippen LogP contribution < -0.4 is 5.56 Å². The molecule has 128 valence electrons. The van der Waals surface area contributed by atoms with Crippen molar-refractivity contribution in [2.24, 2.45) is 0 Å². The molecule has 1 aromatic heterocycles. The number of aromatic nitrogens is 2. The first-order valence-corrected chi connectivity index (χ1v) is 9.15. The maximum atomic E-state index is 13.1. The first kappa shape index (κ1) is 16.5. The summed E-state index contributed by atoms with van der Waals surface area (Å²) in [5.74, 6) is 0.335. The van der Waals surface area contributed by atoms with E-state index < -0.39 is 0 Å². The molecule has 26 heavy (non-hydrogen) atoms. The zero-order chi connectivity index (χ0) is 17.9. The molecule has 0 aliphatic carbocycles. The highest BCUT2D eigenvalue weighted by molar-refractivity contribution is 7.98. The maximum absolute atomic E-state index is 13.1. The van der Waals surface area contributed by atoms with Gasteiger partial charge in [0.15, 0.2) is 5.16 Å². The fourth-order valence-corrected chi connectivity index (χ4v) is 3.71. The van der Waals surface area contributed by atoms with Crippen molar-refractivity contribution in [2.75, 3.05) is 0 Å². The standard InChI is InChI=1S/C21H15FN2OS/c22-16-12-10-15(11-13-16)14-26-21-23-19-9-5-4-8-18(19)20(25)24(21)17-6-2-1-3-7-17/h1-13H,14H2.